The topological polar surface area (TPSA) is 38.2 Å². The van der Waals surface area contributed by atoms with Gasteiger partial charge in [-0.3, -0.25) is 4.90 Å². The first-order valence-electron chi connectivity index (χ1n) is 5.48. The quantitative estimate of drug-likeness (QED) is 0.704. The Labute approximate surface area is 105 Å². The molecule has 1 aromatic rings. The number of hydrogen-bond donors (Lipinski definition) is 0. The van der Waals surface area contributed by atoms with Crippen LogP contribution < -0.4 is 0 Å². The number of halogens is 1. The van der Waals surface area contributed by atoms with Gasteiger partial charge in [-0.25, -0.2) is 0 Å². The summed E-state index contributed by atoms with van der Waals surface area (Å²) in [5.41, 5.74) is 0.858. The molecule has 1 fully saturated rings. The molecule has 0 aliphatic heterocycles. The molecule has 0 aromatic carbocycles. The zero-order valence-electron chi connectivity index (χ0n) is 9.36. The Bertz CT molecular complexity index is 330. The molecule has 0 unspecified atom stereocenters. The van der Waals surface area contributed by atoms with Gasteiger partial charge in [0, 0.05) is 31.2 Å². The lowest BCUT2D eigenvalue weighted by molar-refractivity contribution is 0.101. The SMILES string of the molecule is CN(CCOCC1CC1)Cc1nnsc1Cl. The molecule has 0 amide bonds. The molecule has 1 aliphatic carbocycles. The van der Waals surface area contributed by atoms with Crippen LogP contribution in [0, 0.1) is 5.92 Å². The van der Waals surface area contributed by atoms with Crippen molar-refractivity contribution in [3.63, 3.8) is 0 Å². The lowest BCUT2D eigenvalue weighted by atomic mass is 10.4. The predicted octanol–water partition coefficient (Wildman–Crippen LogP) is 2.05. The summed E-state index contributed by atoms with van der Waals surface area (Å²) >= 11 is 7.16. The summed E-state index contributed by atoms with van der Waals surface area (Å²) in [7, 11) is 2.04. The van der Waals surface area contributed by atoms with Crippen LogP contribution in [0.1, 0.15) is 18.5 Å². The second-order valence-electron chi connectivity index (χ2n) is 4.25. The van der Waals surface area contributed by atoms with Crippen LogP contribution in [-0.2, 0) is 11.3 Å². The monoisotopic (exact) mass is 261 g/mol. The number of nitrogens with zero attached hydrogens (tertiary/aromatic N) is 3. The molecule has 0 N–H and O–H groups in total. The van der Waals surface area contributed by atoms with Gasteiger partial charge >= 0.3 is 0 Å². The van der Waals surface area contributed by atoms with E-state index in [1.54, 1.807) is 0 Å². The molecule has 1 aliphatic rings. The molecular formula is C10H16ClN3OS. The van der Waals surface area contributed by atoms with E-state index >= 15 is 0 Å². The van der Waals surface area contributed by atoms with E-state index in [0.29, 0.717) is 4.34 Å². The Morgan fingerprint density at radius 3 is 3.00 bits per heavy atom. The minimum Gasteiger partial charge on any atom is -0.380 e. The summed E-state index contributed by atoms with van der Waals surface area (Å²) in [5, 5.41) is 3.98. The number of rotatable bonds is 7. The molecule has 1 heterocycles. The molecule has 0 radical (unpaired) electrons. The van der Waals surface area contributed by atoms with Gasteiger partial charge in [-0.1, -0.05) is 16.1 Å². The summed E-state index contributed by atoms with van der Waals surface area (Å²) < 4.78 is 10.1. The molecule has 90 valence electrons. The Balaban J connectivity index is 1.60. The summed E-state index contributed by atoms with van der Waals surface area (Å²) in [6, 6.07) is 0. The molecule has 1 saturated carbocycles. The zero-order valence-corrected chi connectivity index (χ0v) is 10.9. The third-order valence-electron chi connectivity index (χ3n) is 2.60. The third kappa shape index (κ3) is 3.97. The average Bonchev–Trinajstić information content (AvgIpc) is 3.00. The molecule has 4 nitrogen and oxygen atoms in total. The van der Waals surface area contributed by atoms with E-state index in [9.17, 15) is 0 Å². The van der Waals surface area contributed by atoms with Crippen LogP contribution in [0.5, 0.6) is 0 Å². The van der Waals surface area contributed by atoms with Gasteiger partial charge in [-0.15, -0.1) is 5.10 Å². The van der Waals surface area contributed by atoms with Crippen molar-refractivity contribution in [2.45, 2.75) is 19.4 Å². The first-order valence-corrected chi connectivity index (χ1v) is 6.64. The predicted molar refractivity (Wildman–Crippen MR) is 64.8 cm³/mol. The third-order valence-corrected chi connectivity index (χ3v) is 3.58. The molecule has 0 spiro atoms. The molecule has 6 heteroatoms. The maximum absolute atomic E-state index is 5.93. The fourth-order valence-electron chi connectivity index (χ4n) is 1.38. The van der Waals surface area contributed by atoms with Crippen molar-refractivity contribution >= 4 is 23.1 Å². The van der Waals surface area contributed by atoms with Crippen molar-refractivity contribution in [2.24, 2.45) is 5.92 Å². The zero-order chi connectivity index (χ0) is 11.4. The van der Waals surface area contributed by atoms with E-state index in [4.69, 9.17) is 16.3 Å². The first-order chi connectivity index (χ1) is 7.75. The maximum atomic E-state index is 5.93. The summed E-state index contributed by atoms with van der Waals surface area (Å²) in [5.74, 6) is 0.836. The van der Waals surface area contributed by atoms with Crippen LogP contribution in [0.2, 0.25) is 4.34 Å². The smallest absolute Gasteiger partial charge is 0.138 e. The van der Waals surface area contributed by atoms with Crippen LogP contribution in [0.4, 0.5) is 0 Å². The molecule has 0 atom stereocenters. The number of likely N-dealkylation sites (N-methyl/N-ethyl adjacent to an activating group) is 1. The van der Waals surface area contributed by atoms with Gasteiger partial charge in [0.05, 0.1) is 6.61 Å². The van der Waals surface area contributed by atoms with E-state index in [1.165, 1.54) is 24.4 Å². The number of aromatic nitrogens is 2. The normalized spacial score (nSPS) is 15.9. The van der Waals surface area contributed by atoms with Gasteiger partial charge in [0.25, 0.3) is 0 Å². The highest BCUT2D eigenvalue weighted by atomic mass is 35.5. The molecule has 2 rings (SSSR count). The maximum Gasteiger partial charge on any atom is 0.138 e. The second-order valence-corrected chi connectivity index (χ2v) is 5.61. The minimum atomic E-state index is 0.686. The van der Waals surface area contributed by atoms with Gasteiger partial charge in [-0.05, 0) is 25.8 Å². The highest BCUT2D eigenvalue weighted by Crippen LogP contribution is 2.28. The van der Waals surface area contributed by atoms with Crippen molar-refractivity contribution in [1.82, 2.24) is 14.5 Å². The fourth-order valence-corrected chi connectivity index (χ4v) is 1.99. The van der Waals surface area contributed by atoms with Crippen molar-refractivity contribution in [3.8, 4) is 0 Å². The Kier molecular flexibility index (Phi) is 4.52. The van der Waals surface area contributed by atoms with Crippen molar-refractivity contribution in [2.75, 3.05) is 26.8 Å². The highest BCUT2D eigenvalue weighted by molar-refractivity contribution is 7.10. The van der Waals surface area contributed by atoms with Crippen LogP contribution in [0.3, 0.4) is 0 Å². The van der Waals surface area contributed by atoms with Gasteiger partial charge in [0.1, 0.15) is 10.0 Å². The highest BCUT2D eigenvalue weighted by Gasteiger charge is 2.21. The largest absolute Gasteiger partial charge is 0.380 e. The standard InChI is InChI=1S/C10H16ClN3OS/c1-14(4-5-15-7-8-2-3-8)6-9-10(11)16-13-12-9/h8H,2-7H2,1H3. The Morgan fingerprint density at radius 1 is 1.56 bits per heavy atom. The summed E-state index contributed by atoms with van der Waals surface area (Å²) in [4.78, 5) is 2.15. The molecule has 0 bridgehead atoms. The lowest BCUT2D eigenvalue weighted by Crippen LogP contribution is -2.23. The molecule has 0 saturated heterocycles. The first kappa shape index (κ1) is 12.2. The van der Waals surface area contributed by atoms with Crippen molar-refractivity contribution < 1.29 is 4.74 Å². The Morgan fingerprint density at radius 2 is 2.38 bits per heavy atom. The number of ether oxygens (including phenoxy) is 1. The van der Waals surface area contributed by atoms with E-state index in [0.717, 1.165) is 37.9 Å². The van der Waals surface area contributed by atoms with Crippen molar-refractivity contribution in [1.29, 1.82) is 0 Å². The van der Waals surface area contributed by atoms with Gasteiger partial charge in [0.2, 0.25) is 0 Å². The lowest BCUT2D eigenvalue weighted by Gasteiger charge is -2.14. The summed E-state index contributed by atoms with van der Waals surface area (Å²) in [6.45, 7) is 3.34. The fraction of sp³-hybridized carbons (Fsp3) is 0.800. The van der Waals surface area contributed by atoms with Gasteiger partial charge in [-0.2, -0.15) is 0 Å². The minimum absolute atomic E-state index is 0.686. The second kappa shape index (κ2) is 5.91. The van der Waals surface area contributed by atoms with Gasteiger partial charge < -0.3 is 4.74 Å². The number of hydrogen-bond acceptors (Lipinski definition) is 5. The van der Waals surface area contributed by atoms with Crippen LogP contribution >= 0.6 is 23.1 Å². The van der Waals surface area contributed by atoms with Gasteiger partial charge in [0.15, 0.2) is 0 Å². The molecule has 1 aromatic heterocycles. The Hall–Kier alpha value is -0.230. The molecule has 16 heavy (non-hydrogen) atoms. The van der Waals surface area contributed by atoms with Crippen LogP contribution in [-0.4, -0.2) is 41.3 Å². The molecular weight excluding hydrogens is 246 g/mol. The van der Waals surface area contributed by atoms with E-state index in [2.05, 4.69) is 14.5 Å². The van der Waals surface area contributed by atoms with E-state index < -0.39 is 0 Å². The van der Waals surface area contributed by atoms with Crippen LogP contribution in [0.15, 0.2) is 0 Å². The van der Waals surface area contributed by atoms with Crippen molar-refractivity contribution in [3.05, 3.63) is 10.0 Å². The van der Waals surface area contributed by atoms with E-state index in [1.807, 2.05) is 7.05 Å². The average molecular weight is 262 g/mol. The summed E-state index contributed by atoms with van der Waals surface area (Å²) in [6.07, 6.45) is 2.69. The van der Waals surface area contributed by atoms with Crippen LogP contribution in [0.25, 0.3) is 0 Å². The van der Waals surface area contributed by atoms with E-state index in [-0.39, 0.29) is 0 Å².